The number of amides is 1. The minimum absolute atomic E-state index is 0.0358. The van der Waals surface area contributed by atoms with Crippen molar-refractivity contribution in [2.24, 2.45) is 11.3 Å². The summed E-state index contributed by atoms with van der Waals surface area (Å²) in [5.74, 6) is 0.205. The predicted molar refractivity (Wildman–Crippen MR) is 108 cm³/mol. The van der Waals surface area contributed by atoms with Gasteiger partial charge in [-0.2, -0.15) is 0 Å². The van der Waals surface area contributed by atoms with E-state index in [1.807, 2.05) is 26.8 Å². The first-order valence-electron chi connectivity index (χ1n) is 9.55. The normalized spacial score (nSPS) is 20.4. The number of rotatable bonds is 4. The highest BCUT2D eigenvalue weighted by Crippen LogP contribution is 2.54. The largest absolute Gasteiger partial charge is 0.365 e. The van der Waals surface area contributed by atoms with Gasteiger partial charge in [0.05, 0.1) is 11.4 Å². The van der Waals surface area contributed by atoms with Crippen molar-refractivity contribution >= 4 is 29.0 Å². The maximum Gasteiger partial charge on any atom is 0.226 e. The third-order valence-electron chi connectivity index (χ3n) is 5.16. The van der Waals surface area contributed by atoms with Gasteiger partial charge in [-0.3, -0.25) is 4.79 Å². The quantitative estimate of drug-likeness (QED) is 0.748. The van der Waals surface area contributed by atoms with Gasteiger partial charge in [0.1, 0.15) is 5.15 Å². The highest BCUT2D eigenvalue weighted by molar-refractivity contribution is 6.29. The van der Waals surface area contributed by atoms with Crippen LogP contribution >= 0.6 is 11.6 Å². The van der Waals surface area contributed by atoms with Gasteiger partial charge in [0.25, 0.3) is 0 Å². The third kappa shape index (κ3) is 4.12. The van der Waals surface area contributed by atoms with Crippen molar-refractivity contribution in [3.05, 3.63) is 46.6 Å². The maximum absolute atomic E-state index is 14.7. The van der Waals surface area contributed by atoms with Gasteiger partial charge in [0.2, 0.25) is 5.91 Å². The zero-order valence-electron chi connectivity index (χ0n) is 16.3. The number of hydrogen-bond acceptors (Lipinski definition) is 4. The predicted octanol–water partition coefficient (Wildman–Crippen LogP) is 4.77. The molecule has 2 aromatic heterocycles. The fraction of sp³-hybridized carbons (Fsp3) is 0.476. The highest BCUT2D eigenvalue weighted by atomic mass is 35.5. The fourth-order valence-electron chi connectivity index (χ4n) is 3.80. The first kappa shape index (κ1) is 19.1. The lowest BCUT2D eigenvalue weighted by molar-refractivity contribution is -0.117. The van der Waals surface area contributed by atoms with Gasteiger partial charge in [-0.15, -0.1) is 0 Å². The van der Waals surface area contributed by atoms with E-state index in [9.17, 15) is 9.18 Å². The van der Waals surface area contributed by atoms with Crippen molar-refractivity contribution in [2.75, 3.05) is 16.8 Å². The monoisotopic (exact) mass is 402 g/mol. The van der Waals surface area contributed by atoms with Crippen LogP contribution in [-0.4, -0.2) is 22.4 Å². The number of carbonyl (C=O) groups excluding carboxylic acids is 1. The van der Waals surface area contributed by atoms with Crippen LogP contribution in [0, 0.1) is 17.2 Å². The molecule has 1 saturated carbocycles. The molecule has 0 bridgehead atoms. The van der Waals surface area contributed by atoms with Crippen LogP contribution in [0.4, 0.5) is 15.9 Å². The van der Waals surface area contributed by atoms with Gasteiger partial charge < -0.3 is 10.2 Å². The molecule has 0 saturated heterocycles. The van der Waals surface area contributed by atoms with Crippen LogP contribution in [0.5, 0.6) is 0 Å². The SMILES string of the molecule is CC(C)(C)CC(=O)Nc1nc2c(cc1F)N(Cc1ccc(Cl)nc1)C[C@@H]1C[C@H]21. The second-order valence-electron chi connectivity index (χ2n) is 8.98. The number of nitrogens with one attached hydrogen (secondary N) is 1. The van der Waals surface area contributed by atoms with E-state index in [0.717, 1.165) is 29.9 Å². The Morgan fingerprint density at radius 1 is 1.39 bits per heavy atom. The van der Waals surface area contributed by atoms with E-state index >= 15 is 0 Å². The Balaban J connectivity index is 1.58. The molecule has 28 heavy (non-hydrogen) atoms. The summed E-state index contributed by atoms with van der Waals surface area (Å²) >= 11 is 5.87. The summed E-state index contributed by atoms with van der Waals surface area (Å²) in [6.07, 6.45) is 3.11. The molecule has 1 N–H and O–H groups in total. The Hall–Kier alpha value is -2.21. The smallest absolute Gasteiger partial charge is 0.226 e. The van der Waals surface area contributed by atoms with E-state index < -0.39 is 5.82 Å². The van der Waals surface area contributed by atoms with E-state index in [1.54, 1.807) is 12.3 Å². The topological polar surface area (TPSA) is 58.1 Å². The minimum atomic E-state index is -0.501. The number of anilines is 2. The number of carbonyl (C=O) groups is 1. The number of nitrogens with zero attached hydrogens (tertiary/aromatic N) is 3. The number of aromatic nitrogens is 2. The number of halogens is 2. The van der Waals surface area contributed by atoms with Gasteiger partial charge in [-0.25, -0.2) is 14.4 Å². The van der Waals surface area contributed by atoms with Gasteiger partial charge in [0, 0.05) is 37.7 Å². The Bertz CT molecular complexity index is 910. The van der Waals surface area contributed by atoms with E-state index in [-0.39, 0.29) is 17.1 Å². The van der Waals surface area contributed by atoms with E-state index in [2.05, 4.69) is 20.2 Å². The molecule has 2 aliphatic rings. The highest BCUT2D eigenvalue weighted by Gasteiger charge is 2.46. The molecule has 5 nitrogen and oxygen atoms in total. The lowest BCUT2D eigenvalue weighted by atomic mass is 9.92. The van der Waals surface area contributed by atoms with E-state index in [1.165, 1.54) is 6.07 Å². The molecule has 4 rings (SSSR count). The van der Waals surface area contributed by atoms with Gasteiger partial charge in [-0.05, 0) is 29.4 Å². The van der Waals surface area contributed by atoms with Gasteiger partial charge in [-0.1, -0.05) is 38.4 Å². The van der Waals surface area contributed by atoms with Crippen molar-refractivity contribution in [1.82, 2.24) is 9.97 Å². The van der Waals surface area contributed by atoms with Crippen molar-refractivity contribution in [1.29, 1.82) is 0 Å². The van der Waals surface area contributed by atoms with Gasteiger partial charge in [0.15, 0.2) is 11.6 Å². The Kier molecular flexibility index (Phi) is 4.78. The molecule has 0 aromatic carbocycles. The van der Waals surface area contributed by atoms with Crippen LogP contribution in [0.2, 0.25) is 5.15 Å². The summed E-state index contributed by atoms with van der Waals surface area (Å²) in [6, 6.07) is 5.19. The van der Waals surface area contributed by atoms with Crippen molar-refractivity contribution in [3.63, 3.8) is 0 Å². The summed E-state index contributed by atoms with van der Waals surface area (Å²) in [7, 11) is 0. The minimum Gasteiger partial charge on any atom is -0.365 e. The standard InChI is InChI=1S/C21H24ClFN4O/c1-21(2,3)8-18(28)25-20-15(23)7-16-19(26-20)14-6-13(14)11-27(16)10-12-4-5-17(22)24-9-12/h4-5,7,9,13-14H,6,8,10-11H2,1-3H3,(H,25,26,28)/t13-,14-/m0/s1. The Morgan fingerprint density at radius 3 is 2.86 bits per heavy atom. The molecule has 0 radical (unpaired) electrons. The van der Waals surface area contributed by atoms with Crippen molar-refractivity contribution in [3.8, 4) is 0 Å². The second kappa shape index (κ2) is 6.99. The Labute approximate surface area is 169 Å². The molecule has 3 heterocycles. The molecular weight excluding hydrogens is 379 g/mol. The first-order valence-corrected chi connectivity index (χ1v) is 9.93. The van der Waals surface area contributed by atoms with Crippen LogP contribution < -0.4 is 10.2 Å². The summed E-state index contributed by atoms with van der Waals surface area (Å²) in [4.78, 5) is 23.0. The summed E-state index contributed by atoms with van der Waals surface area (Å²) < 4.78 is 14.7. The summed E-state index contributed by atoms with van der Waals surface area (Å²) in [5, 5.41) is 3.11. The number of pyridine rings is 2. The average molecular weight is 403 g/mol. The number of hydrogen-bond donors (Lipinski definition) is 1. The van der Waals surface area contributed by atoms with Crippen LogP contribution in [-0.2, 0) is 11.3 Å². The molecule has 1 amide bonds. The van der Waals surface area contributed by atoms with Crippen LogP contribution in [0.1, 0.15) is 50.8 Å². The molecule has 0 unspecified atom stereocenters. The van der Waals surface area contributed by atoms with Crippen LogP contribution in [0.25, 0.3) is 0 Å². The van der Waals surface area contributed by atoms with Gasteiger partial charge >= 0.3 is 0 Å². The molecule has 1 aliphatic carbocycles. The molecule has 2 atom stereocenters. The summed E-state index contributed by atoms with van der Waals surface area (Å²) in [6.45, 7) is 7.42. The Morgan fingerprint density at radius 2 is 2.18 bits per heavy atom. The zero-order chi connectivity index (χ0) is 20.1. The summed E-state index contributed by atoms with van der Waals surface area (Å²) in [5.41, 5.74) is 2.53. The maximum atomic E-state index is 14.7. The lowest BCUT2D eigenvalue weighted by Gasteiger charge is -2.31. The second-order valence-corrected chi connectivity index (χ2v) is 9.37. The van der Waals surface area contributed by atoms with Crippen molar-refractivity contribution < 1.29 is 9.18 Å². The molecule has 2 aromatic rings. The molecule has 0 spiro atoms. The molecule has 1 aliphatic heterocycles. The third-order valence-corrected chi connectivity index (χ3v) is 5.39. The van der Waals surface area contributed by atoms with Crippen molar-refractivity contribution in [2.45, 2.75) is 46.1 Å². The van der Waals surface area contributed by atoms with Crippen LogP contribution in [0.15, 0.2) is 24.4 Å². The van der Waals surface area contributed by atoms with E-state index in [0.29, 0.717) is 30.0 Å². The van der Waals surface area contributed by atoms with Crippen LogP contribution in [0.3, 0.4) is 0 Å². The van der Waals surface area contributed by atoms with E-state index in [4.69, 9.17) is 11.6 Å². The zero-order valence-corrected chi connectivity index (χ0v) is 17.1. The molecule has 7 heteroatoms. The molecular formula is C21H24ClFN4O. The number of fused-ring (bicyclic) bond motifs is 3. The molecule has 148 valence electrons. The fourth-order valence-corrected chi connectivity index (χ4v) is 3.91. The lowest BCUT2D eigenvalue weighted by Crippen LogP contribution is -2.30. The molecule has 1 fully saturated rings. The first-order chi connectivity index (χ1) is 13.2. The average Bonchev–Trinajstić information content (AvgIpc) is 3.36.